The Hall–Kier alpha value is -2.21. The highest BCUT2D eigenvalue weighted by Gasteiger charge is 2.25. The van der Waals surface area contributed by atoms with Gasteiger partial charge in [-0.1, -0.05) is 0 Å². The molecule has 1 aliphatic rings. The van der Waals surface area contributed by atoms with Crippen LogP contribution in [0.3, 0.4) is 0 Å². The third kappa shape index (κ3) is 3.17. The van der Waals surface area contributed by atoms with E-state index in [1.165, 1.54) is 0 Å². The van der Waals surface area contributed by atoms with Crippen molar-refractivity contribution in [2.24, 2.45) is 0 Å². The summed E-state index contributed by atoms with van der Waals surface area (Å²) < 4.78 is 5.87. The molecule has 1 aliphatic heterocycles. The van der Waals surface area contributed by atoms with E-state index in [9.17, 15) is 0 Å². The van der Waals surface area contributed by atoms with Crippen molar-refractivity contribution in [3.8, 4) is 0 Å². The highest BCUT2D eigenvalue weighted by molar-refractivity contribution is 5.41. The zero-order valence-electron chi connectivity index (χ0n) is 13.2. The molecule has 3 heterocycles. The number of aromatic nitrogens is 3. The molecule has 0 amide bonds. The van der Waals surface area contributed by atoms with Gasteiger partial charge in [-0.3, -0.25) is 4.98 Å². The lowest BCUT2D eigenvalue weighted by Gasteiger charge is -2.33. The number of rotatable bonds is 2. The SMILES string of the molecule is Cc1cc(N)cc([C@H]2CN(c3nc(C)cc(C)n3)CCO2)n1. The maximum atomic E-state index is 5.92. The van der Waals surface area contributed by atoms with Gasteiger partial charge in [0, 0.05) is 29.3 Å². The third-order valence-corrected chi connectivity index (χ3v) is 3.65. The summed E-state index contributed by atoms with van der Waals surface area (Å²) in [5.74, 6) is 0.756. The molecule has 1 fully saturated rings. The lowest BCUT2D eigenvalue weighted by atomic mass is 10.1. The number of hydrogen-bond donors (Lipinski definition) is 1. The summed E-state index contributed by atoms with van der Waals surface area (Å²) in [5.41, 5.74) is 10.4. The van der Waals surface area contributed by atoms with E-state index in [4.69, 9.17) is 10.5 Å². The van der Waals surface area contributed by atoms with Crippen LogP contribution in [-0.2, 0) is 4.74 Å². The standard InChI is InChI=1S/C16H21N5O/c1-10-6-11(2)20-16(19-10)21-4-5-22-15(9-21)14-8-13(17)7-12(3)18-14/h6-8,15H,4-5,9H2,1-3H3,(H2,17,18)/t15-/m1/s1. The van der Waals surface area contributed by atoms with Crippen LogP contribution in [0, 0.1) is 20.8 Å². The minimum absolute atomic E-state index is 0.111. The summed E-state index contributed by atoms with van der Waals surface area (Å²) in [6, 6.07) is 5.71. The zero-order valence-corrected chi connectivity index (χ0v) is 13.2. The molecule has 22 heavy (non-hydrogen) atoms. The number of aryl methyl sites for hydroxylation is 3. The van der Waals surface area contributed by atoms with Crippen molar-refractivity contribution >= 4 is 11.6 Å². The fourth-order valence-electron chi connectivity index (χ4n) is 2.75. The van der Waals surface area contributed by atoms with Gasteiger partial charge in [0.25, 0.3) is 0 Å². The van der Waals surface area contributed by atoms with Gasteiger partial charge in [0.05, 0.1) is 18.8 Å². The number of hydrogen-bond acceptors (Lipinski definition) is 6. The average Bonchev–Trinajstić information content (AvgIpc) is 2.45. The van der Waals surface area contributed by atoms with Crippen LogP contribution < -0.4 is 10.6 Å². The minimum Gasteiger partial charge on any atom is -0.399 e. The molecule has 0 aliphatic carbocycles. The summed E-state index contributed by atoms with van der Waals surface area (Å²) in [5, 5.41) is 0. The van der Waals surface area contributed by atoms with Crippen LogP contribution in [0.5, 0.6) is 0 Å². The van der Waals surface area contributed by atoms with Crippen LogP contribution in [-0.4, -0.2) is 34.6 Å². The van der Waals surface area contributed by atoms with Gasteiger partial charge in [-0.15, -0.1) is 0 Å². The quantitative estimate of drug-likeness (QED) is 0.913. The molecule has 0 bridgehead atoms. The number of nitrogens with zero attached hydrogens (tertiary/aromatic N) is 4. The van der Waals surface area contributed by atoms with Crippen LogP contribution in [0.4, 0.5) is 11.6 Å². The fraction of sp³-hybridized carbons (Fsp3) is 0.438. The average molecular weight is 299 g/mol. The smallest absolute Gasteiger partial charge is 0.225 e. The highest BCUT2D eigenvalue weighted by Crippen LogP contribution is 2.25. The molecule has 3 rings (SSSR count). The van der Waals surface area contributed by atoms with Crippen LogP contribution >= 0.6 is 0 Å². The normalized spacial score (nSPS) is 18.5. The van der Waals surface area contributed by atoms with Crippen LogP contribution in [0.2, 0.25) is 0 Å². The lowest BCUT2D eigenvalue weighted by Crippen LogP contribution is -2.39. The van der Waals surface area contributed by atoms with Crippen LogP contribution in [0.1, 0.15) is 28.9 Å². The maximum Gasteiger partial charge on any atom is 0.225 e. The third-order valence-electron chi connectivity index (χ3n) is 3.65. The van der Waals surface area contributed by atoms with E-state index in [-0.39, 0.29) is 6.10 Å². The second-order valence-corrected chi connectivity index (χ2v) is 5.72. The molecule has 2 aromatic heterocycles. The first-order chi connectivity index (χ1) is 10.5. The van der Waals surface area contributed by atoms with Crippen molar-refractivity contribution in [1.82, 2.24) is 15.0 Å². The monoisotopic (exact) mass is 299 g/mol. The molecule has 0 saturated carbocycles. The van der Waals surface area contributed by atoms with Gasteiger partial charge in [0.15, 0.2) is 0 Å². The van der Waals surface area contributed by atoms with E-state index in [0.717, 1.165) is 35.3 Å². The van der Waals surface area contributed by atoms with E-state index in [0.29, 0.717) is 18.8 Å². The van der Waals surface area contributed by atoms with Crippen molar-refractivity contribution < 1.29 is 4.74 Å². The van der Waals surface area contributed by atoms with Gasteiger partial charge in [-0.2, -0.15) is 0 Å². The first-order valence-electron chi connectivity index (χ1n) is 7.44. The van der Waals surface area contributed by atoms with E-state index in [1.807, 2.05) is 39.0 Å². The summed E-state index contributed by atoms with van der Waals surface area (Å²) in [4.78, 5) is 15.8. The summed E-state index contributed by atoms with van der Waals surface area (Å²) in [6.07, 6.45) is -0.111. The lowest BCUT2D eigenvalue weighted by molar-refractivity contribution is 0.0364. The molecule has 6 heteroatoms. The van der Waals surface area contributed by atoms with Gasteiger partial charge < -0.3 is 15.4 Å². The predicted molar refractivity (Wildman–Crippen MR) is 85.8 cm³/mol. The first kappa shape index (κ1) is 14.7. The molecule has 2 N–H and O–H groups in total. The van der Waals surface area contributed by atoms with Gasteiger partial charge >= 0.3 is 0 Å². The Morgan fingerprint density at radius 3 is 2.41 bits per heavy atom. The Morgan fingerprint density at radius 2 is 1.73 bits per heavy atom. The largest absolute Gasteiger partial charge is 0.399 e. The van der Waals surface area contributed by atoms with E-state index in [2.05, 4.69) is 19.9 Å². The topological polar surface area (TPSA) is 77.2 Å². The van der Waals surface area contributed by atoms with E-state index >= 15 is 0 Å². The Balaban J connectivity index is 1.84. The minimum atomic E-state index is -0.111. The molecule has 0 aromatic carbocycles. The molecular weight excluding hydrogens is 278 g/mol. The molecule has 0 unspecified atom stereocenters. The number of ether oxygens (including phenoxy) is 1. The number of morpholine rings is 1. The first-order valence-corrected chi connectivity index (χ1v) is 7.44. The van der Waals surface area contributed by atoms with Crippen molar-refractivity contribution in [2.75, 3.05) is 30.3 Å². The second kappa shape index (κ2) is 5.88. The van der Waals surface area contributed by atoms with Crippen molar-refractivity contribution in [3.05, 3.63) is 41.0 Å². The molecule has 1 atom stereocenters. The van der Waals surface area contributed by atoms with Crippen LogP contribution in [0.25, 0.3) is 0 Å². The van der Waals surface area contributed by atoms with Crippen molar-refractivity contribution in [2.45, 2.75) is 26.9 Å². The molecule has 1 saturated heterocycles. The van der Waals surface area contributed by atoms with Crippen molar-refractivity contribution in [1.29, 1.82) is 0 Å². The Morgan fingerprint density at radius 1 is 1.05 bits per heavy atom. The fourth-order valence-corrected chi connectivity index (χ4v) is 2.75. The van der Waals surface area contributed by atoms with E-state index in [1.54, 1.807) is 0 Å². The van der Waals surface area contributed by atoms with Gasteiger partial charge in [0.1, 0.15) is 6.10 Å². The van der Waals surface area contributed by atoms with Gasteiger partial charge in [-0.25, -0.2) is 9.97 Å². The Labute approximate surface area is 130 Å². The van der Waals surface area contributed by atoms with Gasteiger partial charge in [0.2, 0.25) is 5.95 Å². The molecular formula is C16H21N5O. The molecule has 116 valence electrons. The second-order valence-electron chi connectivity index (χ2n) is 5.72. The molecule has 0 radical (unpaired) electrons. The Kier molecular flexibility index (Phi) is 3.94. The van der Waals surface area contributed by atoms with Crippen LogP contribution in [0.15, 0.2) is 18.2 Å². The Bertz CT molecular complexity index is 590. The number of nitrogen functional groups attached to an aromatic ring is 1. The number of pyridine rings is 1. The maximum absolute atomic E-state index is 5.92. The van der Waals surface area contributed by atoms with Gasteiger partial charge in [-0.05, 0) is 39.0 Å². The number of nitrogens with two attached hydrogens (primary N) is 1. The molecule has 2 aromatic rings. The zero-order chi connectivity index (χ0) is 15.7. The summed E-state index contributed by atoms with van der Waals surface area (Å²) in [7, 11) is 0. The number of anilines is 2. The highest BCUT2D eigenvalue weighted by atomic mass is 16.5. The van der Waals surface area contributed by atoms with E-state index < -0.39 is 0 Å². The molecule has 0 spiro atoms. The van der Waals surface area contributed by atoms with Crippen molar-refractivity contribution in [3.63, 3.8) is 0 Å². The predicted octanol–water partition coefficient (Wildman–Crippen LogP) is 1.96. The summed E-state index contributed by atoms with van der Waals surface area (Å²) >= 11 is 0. The summed E-state index contributed by atoms with van der Waals surface area (Å²) in [6.45, 7) is 7.99. The molecule has 6 nitrogen and oxygen atoms in total.